The molecule has 0 aliphatic carbocycles. The SMILES string of the molecule is COCC(=O)/C(=C\NCC(OC)OC)C(=O)NCc1c(F)cc(F)cc1F. The van der Waals surface area contributed by atoms with Gasteiger partial charge in [-0.1, -0.05) is 0 Å². The first kappa shape index (κ1) is 22.6. The number of hydrogen-bond acceptors (Lipinski definition) is 6. The van der Waals surface area contributed by atoms with Crippen LogP contribution in [0.2, 0.25) is 0 Å². The maximum Gasteiger partial charge on any atom is 0.256 e. The van der Waals surface area contributed by atoms with Gasteiger partial charge in [-0.05, 0) is 0 Å². The van der Waals surface area contributed by atoms with Gasteiger partial charge in [0.05, 0.1) is 6.54 Å². The number of nitrogens with one attached hydrogen (secondary N) is 2. The second-order valence-corrected chi connectivity index (χ2v) is 5.25. The highest BCUT2D eigenvalue weighted by atomic mass is 19.1. The number of halogens is 3. The average molecular weight is 390 g/mol. The minimum absolute atomic E-state index is 0.130. The number of carbonyl (C=O) groups excluding carboxylic acids is 2. The number of ketones is 1. The number of methoxy groups -OCH3 is 3. The van der Waals surface area contributed by atoms with E-state index in [1.54, 1.807) is 0 Å². The second kappa shape index (κ2) is 11.3. The lowest BCUT2D eigenvalue weighted by molar-refractivity contribution is -0.124. The third-order valence-corrected chi connectivity index (χ3v) is 3.41. The van der Waals surface area contributed by atoms with Crippen LogP contribution in [0.15, 0.2) is 23.9 Å². The molecule has 10 heteroatoms. The molecule has 0 saturated heterocycles. The van der Waals surface area contributed by atoms with Gasteiger partial charge in [0.1, 0.15) is 29.6 Å². The fourth-order valence-corrected chi connectivity index (χ4v) is 2.01. The van der Waals surface area contributed by atoms with Gasteiger partial charge in [0.2, 0.25) is 0 Å². The van der Waals surface area contributed by atoms with E-state index in [1.165, 1.54) is 21.3 Å². The minimum atomic E-state index is -1.15. The first-order chi connectivity index (χ1) is 12.8. The third-order valence-electron chi connectivity index (χ3n) is 3.41. The predicted octanol–water partition coefficient (Wildman–Crippen LogP) is 1.03. The van der Waals surface area contributed by atoms with Crippen LogP contribution in [-0.2, 0) is 30.3 Å². The Hall–Kier alpha value is -2.43. The monoisotopic (exact) mass is 390 g/mol. The number of amides is 1. The summed E-state index contributed by atoms with van der Waals surface area (Å²) in [6.07, 6.45) is 0.504. The van der Waals surface area contributed by atoms with Crippen molar-refractivity contribution >= 4 is 11.7 Å². The highest BCUT2D eigenvalue weighted by Crippen LogP contribution is 2.14. The Morgan fingerprint density at radius 3 is 2.22 bits per heavy atom. The largest absolute Gasteiger partial charge is 0.385 e. The highest BCUT2D eigenvalue weighted by Gasteiger charge is 2.20. The van der Waals surface area contributed by atoms with Crippen molar-refractivity contribution in [2.45, 2.75) is 12.8 Å². The van der Waals surface area contributed by atoms with Crippen molar-refractivity contribution in [2.75, 3.05) is 34.5 Å². The Balaban J connectivity index is 2.86. The molecule has 0 aliphatic rings. The lowest BCUT2D eigenvalue weighted by Crippen LogP contribution is -2.33. The third kappa shape index (κ3) is 7.00. The van der Waals surface area contributed by atoms with Crippen molar-refractivity contribution in [1.29, 1.82) is 0 Å². The number of hydrogen-bond donors (Lipinski definition) is 2. The summed E-state index contributed by atoms with van der Waals surface area (Å²) in [5, 5.41) is 4.91. The number of Topliss-reactive ketones (excluding diaryl/α,β-unsaturated/α-hetero) is 1. The van der Waals surface area contributed by atoms with Crippen LogP contribution < -0.4 is 10.6 Å². The molecule has 7 nitrogen and oxygen atoms in total. The van der Waals surface area contributed by atoms with E-state index >= 15 is 0 Å². The molecule has 1 aromatic carbocycles. The summed E-state index contributed by atoms with van der Waals surface area (Å²) in [6.45, 7) is -0.823. The Morgan fingerprint density at radius 2 is 1.70 bits per heavy atom. The zero-order valence-electron chi connectivity index (χ0n) is 15.1. The molecule has 0 bridgehead atoms. The van der Waals surface area contributed by atoms with Gasteiger partial charge in [-0.15, -0.1) is 0 Å². The van der Waals surface area contributed by atoms with Crippen molar-refractivity contribution in [3.63, 3.8) is 0 Å². The summed E-state index contributed by atoms with van der Waals surface area (Å²) in [6, 6.07) is 0.989. The second-order valence-electron chi connectivity index (χ2n) is 5.25. The number of ether oxygens (including phenoxy) is 3. The maximum absolute atomic E-state index is 13.6. The van der Waals surface area contributed by atoms with Gasteiger partial charge < -0.3 is 24.8 Å². The van der Waals surface area contributed by atoms with Crippen LogP contribution >= 0.6 is 0 Å². The molecule has 0 atom stereocenters. The summed E-state index contributed by atoms with van der Waals surface area (Å²) < 4.78 is 54.8. The average Bonchev–Trinajstić information content (AvgIpc) is 2.61. The van der Waals surface area contributed by atoms with Crippen LogP contribution in [0.4, 0.5) is 13.2 Å². The number of rotatable bonds is 11. The molecule has 0 aliphatic heterocycles. The number of benzene rings is 1. The van der Waals surface area contributed by atoms with Gasteiger partial charge in [0.25, 0.3) is 5.91 Å². The van der Waals surface area contributed by atoms with Gasteiger partial charge >= 0.3 is 0 Å². The molecule has 2 N–H and O–H groups in total. The van der Waals surface area contributed by atoms with E-state index in [2.05, 4.69) is 10.6 Å². The van der Waals surface area contributed by atoms with E-state index in [1.807, 2.05) is 0 Å². The van der Waals surface area contributed by atoms with Gasteiger partial charge in [-0.25, -0.2) is 13.2 Å². The van der Waals surface area contributed by atoms with Gasteiger partial charge in [-0.2, -0.15) is 0 Å². The fourth-order valence-electron chi connectivity index (χ4n) is 2.01. The van der Waals surface area contributed by atoms with Crippen molar-refractivity contribution in [3.8, 4) is 0 Å². The Kier molecular flexibility index (Phi) is 9.48. The molecule has 27 heavy (non-hydrogen) atoms. The van der Waals surface area contributed by atoms with E-state index in [0.29, 0.717) is 12.1 Å². The van der Waals surface area contributed by atoms with Gasteiger partial charge in [0, 0.05) is 51.8 Å². The first-order valence-electron chi connectivity index (χ1n) is 7.76. The van der Waals surface area contributed by atoms with Crippen LogP contribution in [0, 0.1) is 17.5 Å². The highest BCUT2D eigenvalue weighted by molar-refractivity contribution is 6.19. The normalized spacial score (nSPS) is 11.6. The minimum Gasteiger partial charge on any atom is -0.385 e. The lowest BCUT2D eigenvalue weighted by atomic mass is 10.1. The summed E-state index contributed by atoms with van der Waals surface area (Å²) in [7, 11) is 4.10. The van der Waals surface area contributed by atoms with Crippen molar-refractivity contribution in [2.24, 2.45) is 0 Å². The van der Waals surface area contributed by atoms with Crippen molar-refractivity contribution < 1.29 is 37.0 Å². The Morgan fingerprint density at radius 1 is 1.11 bits per heavy atom. The molecule has 1 rings (SSSR count). The van der Waals surface area contributed by atoms with E-state index in [0.717, 1.165) is 6.20 Å². The summed E-state index contributed by atoms with van der Waals surface area (Å²) >= 11 is 0. The van der Waals surface area contributed by atoms with E-state index in [9.17, 15) is 22.8 Å². The smallest absolute Gasteiger partial charge is 0.256 e. The molecule has 0 radical (unpaired) electrons. The summed E-state index contributed by atoms with van der Waals surface area (Å²) in [5.41, 5.74) is -0.860. The fraction of sp³-hybridized carbons (Fsp3) is 0.412. The molecule has 0 fully saturated rings. The molecule has 0 aromatic heterocycles. The molecule has 1 aromatic rings. The van der Waals surface area contributed by atoms with E-state index in [4.69, 9.17) is 14.2 Å². The van der Waals surface area contributed by atoms with Crippen molar-refractivity contribution in [3.05, 3.63) is 46.9 Å². The van der Waals surface area contributed by atoms with Crippen molar-refractivity contribution in [1.82, 2.24) is 10.6 Å². The zero-order chi connectivity index (χ0) is 20.4. The molecule has 0 heterocycles. The molecule has 150 valence electrons. The molecular formula is C17H21F3N2O5. The summed E-state index contributed by atoms with van der Waals surface area (Å²) in [4.78, 5) is 24.3. The molecule has 0 unspecified atom stereocenters. The van der Waals surface area contributed by atoms with E-state index in [-0.39, 0.29) is 18.7 Å². The van der Waals surface area contributed by atoms with E-state index < -0.39 is 47.5 Å². The molecule has 0 spiro atoms. The van der Waals surface area contributed by atoms with Crippen LogP contribution in [-0.4, -0.2) is 52.5 Å². The predicted molar refractivity (Wildman–Crippen MR) is 88.9 cm³/mol. The van der Waals surface area contributed by atoms with Crippen LogP contribution in [0.1, 0.15) is 5.56 Å². The van der Waals surface area contributed by atoms with Crippen LogP contribution in [0.5, 0.6) is 0 Å². The summed E-state index contributed by atoms with van der Waals surface area (Å²) in [5.74, 6) is -4.93. The van der Waals surface area contributed by atoms with Crippen LogP contribution in [0.3, 0.4) is 0 Å². The Labute approximate surface area is 154 Å². The standard InChI is InChI=1S/C17H21F3N2O5/c1-25-9-15(23)12(6-21-8-16(26-2)27-3)17(24)22-7-11-13(19)4-10(18)5-14(11)20/h4-6,16,21H,7-9H2,1-3H3,(H,22,24)/b12-6+. The quantitative estimate of drug-likeness (QED) is 0.254. The van der Waals surface area contributed by atoms with Crippen LogP contribution in [0.25, 0.3) is 0 Å². The number of carbonyl (C=O) groups is 2. The topological polar surface area (TPSA) is 85.9 Å². The van der Waals surface area contributed by atoms with Gasteiger partial charge in [-0.3, -0.25) is 9.59 Å². The maximum atomic E-state index is 13.6. The first-order valence-corrected chi connectivity index (χ1v) is 7.76. The molecule has 1 amide bonds. The zero-order valence-corrected chi connectivity index (χ0v) is 15.1. The molecular weight excluding hydrogens is 369 g/mol. The molecule has 0 saturated carbocycles. The van der Waals surface area contributed by atoms with Gasteiger partial charge in [0.15, 0.2) is 12.1 Å². The Bertz CT molecular complexity index is 670. The lowest BCUT2D eigenvalue weighted by Gasteiger charge is -2.14.